The van der Waals surface area contributed by atoms with Crippen molar-refractivity contribution in [3.63, 3.8) is 0 Å². The number of nitrogens with zero attached hydrogens (tertiary/aromatic N) is 2. The second-order valence-electron chi connectivity index (χ2n) is 6.63. The molecule has 4 heteroatoms. The molecule has 4 aromatic rings. The summed E-state index contributed by atoms with van der Waals surface area (Å²) >= 11 is 0. The van der Waals surface area contributed by atoms with Gasteiger partial charge in [-0.25, -0.2) is 4.39 Å². The zero-order chi connectivity index (χ0) is 20.2. The van der Waals surface area contributed by atoms with E-state index in [-0.39, 0.29) is 11.4 Å². The summed E-state index contributed by atoms with van der Waals surface area (Å²) in [6.45, 7) is 1.90. The van der Waals surface area contributed by atoms with Crippen molar-refractivity contribution in [2.24, 2.45) is 0 Å². The Morgan fingerprint density at radius 2 is 1.45 bits per heavy atom. The van der Waals surface area contributed by atoms with Crippen LogP contribution in [-0.2, 0) is 0 Å². The van der Waals surface area contributed by atoms with Crippen LogP contribution in [0.15, 0.2) is 89.7 Å². The van der Waals surface area contributed by atoms with E-state index in [2.05, 4.69) is 4.98 Å². The molecule has 0 atom stereocenters. The molecule has 0 spiro atoms. The van der Waals surface area contributed by atoms with Crippen molar-refractivity contribution in [2.45, 2.75) is 6.92 Å². The molecule has 1 aromatic heterocycles. The zero-order valence-electron chi connectivity index (χ0n) is 15.9. The van der Waals surface area contributed by atoms with Crippen molar-refractivity contribution in [3.8, 4) is 16.8 Å². The predicted octanol–water partition coefficient (Wildman–Crippen LogP) is 5.52. The van der Waals surface area contributed by atoms with Gasteiger partial charge in [0, 0.05) is 16.9 Å². The van der Waals surface area contributed by atoms with Gasteiger partial charge in [0.15, 0.2) is 0 Å². The topological polar surface area (TPSA) is 34.9 Å². The second kappa shape index (κ2) is 8.07. The molecule has 29 heavy (non-hydrogen) atoms. The lowest BCUT2D eigenvalue weighted by Crippen LogP contribution is -2.20. The standard InChI is InChI=1S/C25H19FN2O/c1-18-24(20-11-4-2-5-12-20)25(29)27-23(28(18)21-13-6-3-7-14-21)17-16-19-10-8-9-15-22(19)26/h2-17H,1H3/b17-16+. The predicted molar refractivity (Wildman–Crippen MR) is 115 cm³/mol. The third-order valence-electron chi connectivity index (χ3n) is 4.75. The van der Waals surface area contributed by atoms with Gasteiger partial charge in [0.1, 0.15) is 11.6 Å². The molecule has 3 nitrogen and oxygen atoms in total. The third-order valence-corrected chi connectivity index (χ3v) is 4.75. The first-order valence-corrected chi connectivity index (χ1v) is 9.32. The largest absolute Gasteiger partial charge is 0.298 e. The molecule has 0 unspecified atom stereocenters. The molecule has 0 aliphatic carbocycles. The van der Waals surface area contributed by atoms with Crippen molar-refractivity contribution in [1.29, 1.82) is 0 Å². The molecule has 1 heterocycles. The number of hydrogen-bond acceptors (Lipinski definition) is 2. The average molecular weight is 382 g/mol. The molecule has 0 aliphatic heterocycles. The lowest BCUT2D eigenvalue weighted by Gasteiger charge is -2.17. The molecule has 0 bridgehead atoms. The highest BCUT2D eigenvalue weighted by molar-refractivity contribution is 5.71. The second-order valence-corrected chi connectivity index (χ2v) is 6.63. The van der Waals surface area contributed by atoms with Crippen molar-refractivity contribution in [1.82, 2.24) is 9.55 Å². The van der Waals surface area contributed by atoms with Gasteiger partial charge in [-0.05, 0) is 42.8 Å². The molecule has 0 fully saturated rings. The normalized spacial score (nSPS) is 11.1. The van der Waals surface area contributed by atoms with Crippen molar-refractivity contribution in [2.75, 3.05) is 0 Å². The van der Waals surface area contributed by atoms with E-state index in [0.717, 1.165) is 16.9 Å². The first kappa shape index (κ1) is 18.6. The van der Waals surface area contributed by atoms with Gasteiger partial charge in [0.05, 0.1) is 5.56 Å². The van der Waals surface area contributed by atoms with Gasteiger partial charge in [-0.1, -0.05) is 66.7 Å². The van der Waals surface area contributed by atoms with Crippen molar-refractivity contribution >= 4 is 12.2 Å². The highest BCUT2D eigenvalue weighted by Gasteiger charge is 2.15. The van der Waals surface area contributed by atoms with E-state index >= 15 is 0 Å². The van der Waals surface area contributed by atoms with Crippen LogP contribution in [0.2, 0.25) is 0 Å². The Hall–Kier alpha value is -3.79. The summed E-state index contributed by atoms with van der Waals surface area (Å²) in [7, 11) is 0. The van der Waals surface area contributed by atoms with E-state index in [1.165, 1.54) is 6.07 Å². The number of aromatic nitrogens is 2. The molecule has 0 saturated heterocycles. The fourth-order valence-electron chi connectivity index (χ4n) is 3.37. The highest BCUT2D eigenvalue weighted by Crippen LogP contribution is 2.23. The molecular weight excluding hydrogens is 363 g/mol. The summed E-state index contributed by atoms with van der Waals surface area (Å²) in [5, 5.41) is 0. The van der Waals surface area contributed by atoms with E-state index in [9.17, 15) is 9.18 Å². The number of benzene rings is 3. The number of rotatable bonds is 4. The number of halogens is 1. The summed E-state index contributed by atoms with van der Waals surface area (Å²) in [5.41, 5.74) is 3.15. The molecule has 0 amide bonds. The van der Waals surface area contributed by atoms with E-state index in [1.54, 1.807) is 30.4 Å². The summed E-state index contributed by atoms with van der Waals surface area (Å²) < 4.78 is 15.9. The first-order valence-electron chi connectivity index (χ1n) is 9.32. The van der Waals surface area contributed by atoms with E-state index in [1.807, 2.05) is 72.2 Å². The van der Waals surface area contributed by atoms with Crippen LogP contribution < -0.4 is 5.56 Å². The fraction of sp³-hybridized carbons (Fsp3) is 0.0400. The minimum atomic E-state index is -0.324. The molecular formula is C25H19FN2O. The average Bonchev–Trinajstić information content (AvgIpc) is 2.74. The van der Waals surface area contributed by atoms with Crippen LogP contribution in [0.5, 0.6) is 0 Å². The zero-order valence-corrected chi connectivity index (χ0v) is 15.9. The highest BCUT2D eigenvalue weighted by atomic mass is 19.1. The monoisotopic (exact) mass is 382 g/mol. The van der Waals surface area contributed by atoms with Gasteiger partial charge in [-0.15, -0.1) is 0 Å². The Labute approximate surface area is 168 Å². The minimum Gasteiger partial charge on any atom is -0.298 e. The number of hydrogen-bond donors (Lipinski definition) is 0. The summed E-state index contributed by atoms with van der Waals surface area (Å²) in [5.74, 6) is 0.122. The van der Waals surface area contributed by atoms with Crippen LogP contribution in [0.1, 0.15) is 17.1 Å². The van der Waals surface area contributed by atoms with Crippen LogP contribution in [0.25, 0.3) is 29.0 Å². The van der Waals surface area contributed by atoms with Gasteiger partial charge in [0.2, 0.25) is 0 Å². The maximum atomic E-state index is 14.0. The third kappa shape index (κ3) is 3.78. The van der Waals surface area contributed by atoms with E-state index < -0.39 is 0 Å². The van der Waals surface area contributed by atoms with Crippen LogP contribution >= 0.6 is 0 Å². The summed E-state index contributed by atoms with van der Waals surface area (Å²) in [6.07, 6.45) is 3.31. The minimum absolute atomic E-state index is 0.311. The van der Waals surface area contributed by atoms with Gasteiger partial charge in [-0.2, -0.15) is 4.98 Å². The summed E-state index contributed by atoms with van der Waals surface area (Å²) in [6, 6.07) is 25.7. The van der Waals surface area contributed by atoms with E-state index in [4.69, 9.17) is 0 Å². The quantitative estimate of drug-likeness (QED) is 0.466. The number of para-hydroxylation sites is 1. The Balaban J connectivity index is 1.94. The van der Waals surface area contributed by atoms with Crippen molar-refractivity contribution < 1.29 is 4.39 Å². The lowest BCUT2D eigenvalue weighted by molar-refractivity contribution is 0.625. The summed E-state index contributed by atoms with van der Waals surface area (Å²) in [4.78, 5) is 17.2. The van der Waals surface area contributed by atoms with Crippen LogP contribution in [0, 0.1) is 12.7 Å². The van der Waals surface area contributed by atoms with Gasteiger partial charge in [-0.3, -0.25) is 9.36 Å². The van der Waals surface area contributed by atoms with E-state index in [0.29, 0.717) is 17.0 Å². The van der Waals surface area contributed by atoms with Gasteiger partial charge < -0.3 is 0 Å². The molecule has 0 N–H and O–H groups in total. The fourth-order valence-corrected chi connectivity index (χ4v) is 3.37. The molecule has 142 valence electrons. The Morgan fingerprint density at radius 3 is 2.14 bits per heavy atom. The maximum absolute atomic E-state index is 14.0. The Bertz CT molecular complexity index is 1230. The van der Waals surface area contributed by atoms with Crippen LogP contribution in [0.3, 0.4) is 0 Å². The molecule has 0 saturated carbocycles. The molecule has 0 radical (unpaired) electrons. The Morgan fingerprint density at radius 1 is 0.828 bits per heavy atom. The maximum Gasteiger partial charge on any atom is 0.281 e. The van der Waals surface area contributed by atoms with Gasteiger partial charge >= 0.3 is 0 Å². The van der Waals surface area contributed by atoms with Crippen LogP contribution in [-0.4, -0.2) is 9.55 Å². The Kier molecular flexibility index (Phi) is 5.16. The van der Waals surface area contributed by atoms with Crippen molar-refractivity contribution in [3.05, 3.63) is 118 Å². The lowest BCUT2D eigenvalue weighted by atomic mass is 10.1. The first-order chi connectivity index (χ1) is 14.1. The SMILES string of the molecule is Cc1c(-c2ccccc2)c(=O)nc(/C=C/c2ccccc2F)n1-c1ccccc1. The molecule has 0 aliphatic rings. The smallest absolute Gasteiger partial charge is 0.281 e. The van der Waals surface area contributed by atoms with Gasteiger partial charge in [0.25, 0.3) is 5.56 Å². The molecule has 3 aromatic carbocycles. The van der Waals surface area contributed by atoms with Crippen LogP contribution in [0.4, 0.5) is 4.39 Å². The molecule has 4 rings (SSSR count).